The van der Waals surface area contributed by atoms with Crippen LogP contribution >= 0.6 is 11.8 Å². The first-order valence-electron chi connectivity index (χ1n) is 6.45. The molecule has 1 N–H and O–H groups in total. The molecule has 0 aliphatic rings. The van der Waals surface area contributed by atoms with Crippen LogP contribution in [0, 0.1) is 5.82 Å². The standard InChI is InChI=1S/C15H15FN2O3S/c1-21-14(20)12(9-3-5-10(16)6-4-9)13(19)11-7-8-17-15(18-11)22-2/h3-8,12-13,19H,1-2H3. The Hall–Kier alpha value is -1.99. The van der Waals surface area contributed by atoms with Crippen molar-refractivity contribution >= 4 is 17.7 Å². The van der Waals surface area contributed by atoms with E-state index in [1.54, 1.807) is 0 Å². The number of nitrogens with zero attached hydrogens (tertiary/aromatic N) is 2. The second kappa shape index (κ2) is 7.33. The number of hydrogen-bond acceptors (Lipinski definition) is 6. The lowest BCUT2D eigenvalue weighted by Gasteiger charge is -2.21. The van der Waals surface area contributed by atoms with Crippen LogP contribution in [0.1, 0.15) is 23.3 Å². The van der Waals surface area contributed by atoms with Crippen LogP contribution in [0.5, 0.6) is 0 Å². The average molecular weight is 322 g/mol. The van der Waals surface area contributed by atoms with Gasteiger partial charge in [-0.1, -0.05) is 23.9 Å². The van der Waals surface area contributed by atoms with Gasteiger partial charge >= 0.3 is 5.97 Å². The Labute approximate surface area is 131 Å². The number of aromatic nitrogens is 2. The molecule has 2 aromatic rings. The van der Waals surface area contributed by atoms with E-state index in [1.807, 2.05) is 6.26 Å². The smallest absolute Gasteiger partial charge is 0.316 e. The van der Waals surface area contributed by atoms with E-state index in [0.29, 0.717) is 16.4 Å². The molecule has 116 valence electrons. The molecule has 2 unspecified atom stereocenters. The molecule has 0 radical (unpaired) electrons. The number of thioether (sulfide) groups is 1. The van der Waals surface area contributed by atoms with Crippen LogP contribution in [0.2, 0.25) is 0 Å². The number of carbonyl (C=O) groups excluding carboxylic acids is 1. The predicted molar refractivity (Wildman–Crippen MR) is 79.9 cm³/mol. The van der Waals surface area contributed by atoms with E-state index in [0.717, 1.165) is 0 Å². The molecule has 1 aromatic heterocycles. The van der Waals surface area contributed by atoms with Gasteiger partial charge in [0.25, 0.3) is 0 Å². The highest BCUT2D eigenvalue weighted by atomic mass is 32.2. The molecule has 1 aromatic carbocycles. The maximum atomic E-state index is 13.1. The fourth-order valence-electron chi connectivity index (χ4n) is 2.03. The van der Waals surface area contributed by atoms with E-state index in [9.17, 15) is 14.3 Å². The minimum Gasteiger partial charge on any atom is -0.468 e. The number of hydrogen-bond donors (Lipinski definition) is 1. The largest absolute Gasteiger partial charge is 0.468 e. The van der Waals surface area contributed by atoms with Crippen LogP contribution in [0.3, 0.4) is 0 Å². The molecular formula is C15H15FN2O3S. The fraction of sp³-hybridized carbons (Fsp3) is 0.267. The number of esters is 1. The Bertz CT molecular complexity index is 651. The first-order valence-corrected chi connectivity index (χ1v) is 7.67. The van der Waals surface area contributed by atoms with Gasteiger partial charge in [-0.25, -0.2) is 14.4 Å². The van der Waals surface area contributed by atoms with Gasteiger partial charge in [0.05, 0.1) is 12.8 Å². The van der Waals surface area contributed by atoms with Crippen molar-refractivity contribution in [3.63, 3.8) is 0 Å². The summed E-state index contributed by atoms with van der Waals surface area (Å²) in [6.45, 7) is 0. The molecule has 0 amide bonds. The van der Waals surface area contributed by atoms with Gasteiger partial charge in [0, 0.05) is 6.20 Å². The average Bonchev–Trinajstić information content (AvgIpc) is 2.56. The highest BCUT2D eigenvalue weighted by molar-refractivity contribution is 7.98. The van der Waals surface area contributed by atoms with Gasteiger partial charge in [-0.2, -0.15) is 0 Å². The van der Waals surface area contributed by atoms with Gasteiger partial charge in [-0.3, -0.25) is 4.79 Å². The van der Waals surface area contributed by atoms with Crippen molar-refractivity contribution in [2.24, 2.45) is 0 Å². The summed E-state index contributed by atoms with van der Waals surface area (Å²) in [5.41, 5.74) is 0.754. The van der Waals surface area contributed by atoms with Gasteiger partial charge in [0.1, 0.15) is 17.8 Å². The Morgan fingerprint density at radius 1 is 1.32 bits per heavy atom. The molecule has 0 aliphatic heterocycles. The summed E-state index contributed by atoms with van der Waals surface area (Å²) >= 11 is 1.32. The van der Waals surface area contributed by atoms with Crippen molar-refractivity contribution in [2.45, 2.75) is 17.2 Å². The van der Waals surface area contributed by atoms with E-state index < -0.39 is 23.8 Å². The first kappa shape index (κ1) is 16.4. The minimum atomic E-state index is -1.22. The number of carbonyl (C=O) groups is 1. The van der Waals surface area contributed by atoms with E-state index in [4.69, 9.17) is 4.74 Å². The van der Waals surface area contributed by atoms with E-state index >= 15 is 0 Å². The van der Waals surface area contributed by atoms with Gasteiger partial charge in [0.15, 0.2) is 5.16 Å². The first-order chi connectivity index (χ1) is 10.6. The summed E-state index contributed by atoms with van der Waals surface area (Å²) in [6.07, 6.45) is 2.10. The zero-order valence-corrected chi connectivity index (χ0v) is 12.9. The highest BCUT2D eigenvalue weighted by Gasteiger charge is 2.31. The number of methoxy groups -OCH3 is 1. The lowest BCUT2D eigenvalue weighted by atomic mass is 9.91. The number of aliphatic hydroxyl groups excluding tert-OH is 1. The SMILES string of the molecule is COC(=O)C(c1ccc(F)cc1)C(O)c1ccnc(SC)n1. The third-order valence-corrected chi connectivity index (χ3v) is 3.70. The van der Waals surface area contributed by atoms with Crippen molar-refractivity contribution in [3.8, 4) is 0 Å². The van der Waals surface area contributed by atoms with E-state index in [2.05, 4.69) is 9.97 Å². The van der Waals surface area contributed by atoms with Crippen molar-refractivity contribution in [1.29, 1.82) is 0 Å². The Kier molecular flexibility index (Phi) is 5.46. The van der Waals surface area contributed by atoms with Gasteiger partial charge in [-0.05, 0) is 30.0 Å². The topological polar surface area (TPSA) is 72.3 Å². The maximum Gasteiger partial charge on any atom is 0.316 e. The molecule has 22 heavy (non-hydrogen) atoms. The summed E-state index contributed by atoms with van der Waals surface area (Å²) in [5.74, 6) is -2.04. The predicted octanol–water partition coefficient (Wildman–Crippen LogP) is 2.33. The van der Waals surface area contributed by atoms with Crippen LogP contribution in [-0.2, 0) is 9.53 Å². The monoisotopic (exact) mass is 322 g/mol. The molecule has 0 fully saturated rings. The van der Waals surface area contributed by atoms with Crippen LogP contribution < -0.4 is 0 Å². The molecule has 0 aliphatic carbocycles. The highest BCUT2D eigenvalue weighted by Crippen LogP contribution is 2.31. The molecule has 0 bridgehead atoms. The molecule has 1 heterocycles. The van der Waals surface area contributed by atoms with Crippen molar-refractivity contribution in [1.82, 2.24) is 9.97 Å². The molecule has 0 saturated heterocycles. The number of ether oxygens (including phenoxy) is 1. The zero-order valence-electron chi connectivity index (χ0n) is 12.1. The molecular weight excluding hydrogens is 307 g/mol. The Morgan fingerprint density at radius 2 is 2.00 bits per heavy atom. The van der Waals surface area contributed by atoms with Gasteiger partial charge < -0.3 is 9.84 Å². The second-order valence-corrected chi connectivity index (χ2v) is 5.24. The Balaban J connectivity index is 2.39. The Morgan fingerprint density at radius 3 is 2.59 bits per heavy atom. The van der Waals surface area contributed by atoms with Crippen LogP contribution in [0.25, 0.3) is 0 Å². The third-order valence-electron chi connectivity index (χ3n) is 3.14. The quantitative estimate of drug-likeness (QED) is 0.517. The zero-order chi connectivity index (χ0) is 16.1. The summed E-state index contributed by atoms with van der Waals surface area (Å²) in [4.78, 5) is 20.3. The van der Waals surface area contributed by atoms with Crippen molar-refractivity contribution < 1.29 is 19.0 Å². The summed E-state index contributed by atoms with van der Waals surface area (Å²) < 4.78 is 17.8. The number of aliphatic hydroxyl groups is 1. The summed E-state index contributed by atoms with van der Waals surface area (Å²) in [5, 5.41) is 11.0. The van der Waals surface area contributed by atoms with Gasteiger partial charge in [-0.15, -0.1) is 0 Å². The lowest BCUT2D eigenvalue weighted by Crippen LogP contribution is -2.22. The maximum absolute atomic E-state index is 13.1. The second-order valence-electron chi connectivity index (χ2n) is 4.47. The molecule has 7 heteroatoms. The van der Waals surface area contributed by atoms with Gasteiger partial charge in [0.2, 0.25) is 0 Å². The lowest BCUT2D eigenvalue weighted by molar-refractivity contribution is -0.145. The number of benzene rings is 1. The van der Waals surface area contributed by atoms with Crippen LogP contribution in [0.15, 0.2) is 41.7 Å². The van der Waals surface area contributed by atoms with Crippen molar-refractivity contribution in [2.75, 3.05) is 13.4 Å². The molecule has 5 nitrogen and oxygen atoms in total. The number of halogens is 1. The molecule has 0 spiro atoms. The van der Waals surface area contributed by atoms with E-state index in [1.165, 1.54) is 55.4 Å². The minimum absolute atomic E-state index is 0.305. The summed E-state index contributed by atoms with van der Waals surface area (Å²) in [7, 11) is 1.23. The van der Waals surface area contributed by atoms with Crippen LogP contribution in [-0.4, -0.2) is 34.4 Å². The van der Waals surface area contributed by atoms with E-state index in [-0.39, 0.29) is 0 Å². The van der Waals surface area contributed by atoms with Crippen LogP contribution in [0.4, 0.5) is 4.39 Å². The molecule has 2 rings (SSSR count). The molecule has 2 atom stereocenters. The normalized spacial score (nSPS) is 13.5. The fourth-order valence-corrected chi connectivity index (χ4v) is 2.40. The number of rotatable bonds is 5. The third kappa shape index (κ3) is 3.61. The van der Waals surface area contributed by atoms with Crippen molar-refractivity contribution in [3.05, 3.63) is 53.6 Å². The molecule has 0 saturated carbocycles. The summed E-state index contributed by atoms with van der Waals surface area (Å²) in [6, 6.07) is 6.87.